The van der Waals surface area contributed by atoms with Gasteiger partial charge in [0.05, 0.1) is 16.4 Å². The summed E-state index contributed by atoms with van der Waals surface area (Å²) in [6.07, 6.45) is 0. The molecule has 2 aromatic rings. The SMILES string of the molecule is Cc1cc(C)c(NC(=O)CN(C)S(=O)(=O)c2cc([N+](=O)[O-])ccc2C)c(C)c1. The molecule has 28 heavy (non-hydrogen) atoms. The van der Waals surface area contributed by atoms with Crippen LogP contribution in [0.15, 0.2) is 35.2 Å². The Bertz CT molecular complexity index is 1020. The zero-order valence-electron chi connectivity index (χ0n) is 16.4. The molecule has 0 bridgehead atoms. The van der Waals surface area contributed by atoms with Crippen LogP contribution < -0.4 is 5.32 Å². The lowest BCUT2D eigenvalue weighted by molar-refractivity contribution is -0.385. The largest absolute Gasteiger partial charge is 0.324 e. The molecule has 1 amide bonds. The van der Waals surface area contributed by atoms with Crippen molar-refractivity contribution in [3.05, 3.63) is 62.7 Å². The summed E-state index contributed by atoms with van der Waals surface area (Å²) in [6.45, 7) is 6.80. The van der Waals surface area contributed by atoms with Crippen LogP contribution in [-0.4, -0.2) is 37.1 Å². The third-order valence-electron chi connectivity index (χ3n) is 4.38. The number of sulfonamides is 1. The Balaban J connectivity index is 2.24. The number of hydrogen-bond acceptors (Lipinski definition) is 5. The minimum absolute atomic E-state index is 0.195. The Hall–Kier alpha value is -2.78. The molecule has 0 heterocycles. The van der Waals surface area contributed by atoms with Crippen LogP contribution >= 0.6 is 0 Å². The highest BCUT2D eigenvalue weighted by Gasteiger charge is 2.27. The molecule has 0 fully saturated rings. The van der Waals surface area contributed by atoms with E-state index in [-0.39, 0.29) is 10.6 Å². The molecular weight excluding hydrogens is 382 g/mol. The zero-order chi connectivity index (χ0) is 21.2. The molecule has 0 aliphatic rings. The van der Waals surface area contributed by atoms with Gasteiger partial charge in [-0.15, -0.1) is 0 Å². The maximum Gasteiger partial charge on any atom is 0.270 e. The Morgan fingerprint density at radius 1 is 1.07 bits per heavy atom. The first-order chi connectivity index (χ1) is 12.9. The first-order valence-corrected chi connectivity index (χ1v) is 9.96. The predicted molar refractivity (Wildman–Crippen MR) is 107 cm³/mol. The molecule has 0 radical (unpaired) electrons. The average molecular weight is 405 g/mol. The number of nitro benzene ring substituents is 1. The number of aryl methyl sites for hydroxylation is 4. The normalized spacial score (nSPS) is 11.5. The van der Waals surface area contributed by atoms with Crippen LogP contribution in [-0.2, 0) is 14.8 Å². The number of anilines is 1. The monoisotopic (exact) mass is 405 g/mol. The smallest absolute Gasteiger partial charge is 0.270 e. The van der Waals surface area contributed by atoms with E-state index in [1.807, 2.05) is 32.9 Å². The van der Waals surface area contributed by atoms with E-state index in [0.717, 1.165) is 27.1 Å². The summed E-state index contributed by atoms with van der Waals surface area (Å²) < 4.78 is 26.5. The maximum atomic E-state index is 12.8. The van der Waals surface area contributed by atoms with E-state index in [9.17, 15) is 23.3 Å². The van der Waals surface area contributed by atoms with Crippen molar-refractivity contribution in [3.63, 3.8) is 0 Å². The number of carbonyl (C=O) groups is 1. The lowest BCUT2D eigenvalue weighted by Crippen LogP contribution is -2.35. The quantitative estimate of drug-likeness (QED) is 0.587. The lowest BCUT2D eigenvalue weighted by Gasteiger charge is -2.19. The second kappa shape index (κ2) is 8.07. The summed E-state index contributed by atoms with van der Waals surface area (Å²) in [5.41, 5.74) is 3.51. The van der Waals surface area contributed by atoms with Crippen LogP contribution in [0, 0.1) is 37.8 Å². The summed E-state index contributed by atoms with van der Waals surface area (Å²) >= 11 is 0. The number of carbonyl (C=O) groups excluding carboxylic acids is 1. The number of hydrogen-bond donors (Lipinski definition) is 1. The van der Waals surface area contributed by atoms with E-state index in [1.54, 1.807) is 6.92 Å². The van der Waals surface area contributed by atoms with E-state index in [2.05, 4.69) is 5.32 Å². The molecular formula is C19H23N3O5S. The molecule has 2 rings (SSSR count). The van der Waals surface area contributed by atoms with Gasteiger partial charge in [0.15, 0.2) is 0 Å². The molecule has 0 unspecified atom stereocenters. The lowest BCUT2D eigenvalue weighted by atomic mass is 10.1. The molecule has 8 nitrogen and oxygen atoms in total. The summed E-state index contributed by atoms with van der Waals surface area (Å²) in [6, 6.07) is 7.47. The number of rotatable bonds is 6. The fourth-order valence-electron chi connectivity index (χ4n) is 2.99. The Morgan fingerprint density at radius 2 is 1.64 bits per heavy atom. The van der Waals surface area contributed by atoms with Gasteiger partial charge in [0.2, 0.25) is 15.9 Å². The van der Waals surface area contributed by atoms with E-state index >= 15 is 0 Å². The van der Waals surface area contributed by atoms with Gasteiger partial charge < -0.3 is 5.32 Å². The molecule has 2 aromatic carbocycles. The van der Waals surface area contributed by atoms with E-state index in [1.165, 1.54) is 19.2 Å². The molecule has 150 valence electrons. The Morgan fingerprint density at radius 3 is 2.18 bits per heavy atom. The van der Waals surface area contributed by atoms with E-state index in [0.29, 0.717) is 11.3 Å². The van der Waals surface area contributed by atoms with Gasteiger partial charge in [-0.2, -0.15) is 4.31 Å². The number of benzene rings is 2. The van der Waals surface area contributed by atoms with Gasteiger partial charge in [0, 0.05) is 24.9 Å². The van der Waals surface area contributed by atoms with Crippen molar-refractivity contribution >= 4 is 27.3 Å². The molecule has 0 saturated heterocycles. The first kappa shape index (κ1) is 21.5. The molecule has 0 spiro atoms. The topological polar surface area (TPSA) is 110 Å². The van der Waals surface area contributed by atoms with Crippen molar-refractivity contribution in [2.75, 3.05) is 18.9 Å². The highest BCUT2D eigenvalue weighted by atomic mass is 32.2. The van der Waals surface area contributed by atoms with Crippen LogP contribution in [0.4, 0.5) is 11.4 Å². The summed E-state index contributed by atoms with van der Waals surface area (Å²) in [4.78, 5) is 22.5. The van der Waals surface area contributed by atoms with Gasteiger partial charge in [0.1, 0.15) is 0 Å². The minimum Gasteiger partial charge on any atom is -0.324 e. The van der Waals surface area contributed by atoms with Gasteiger partial charge >= 0.3 is 0 Å². The third-order valence-corrected chi connectivity index (χ3v) is 6.32. The van der Waals surface area contributed by atoms with Crippen molar-refractivity contribution < 1.29 is 18.1 Å². The van der Waals surface area contributed by atoms with Gasteiger partial charge in [-0.05, 0) is 44.4 Å². The van der Waals surface area contributed by atoms with Crippen LogP contribution in [0.5, 0.6) is 0 Å². The number of nitro groups is 1. The minimum atomic E-state index is -4.07. The third kappa shape index (κ3) is 4.55. The van der Waals surface area contributed by atoms with Crippen molar-refractivity contribution in [1.82, 2.24) is 4.31 Å². The second-order valence-corrected chi connectivity index (χ2v) is 8.80. The molecule has 0 aliphatic carbocycles. The predicted octanol–water partition coefficient (Wildman–Crippen LogP) is 3.09. The fourth-order valence-corrected chi connectivity index (χ4v) is 4.36. The summed E-state index contributed by atoms with van der Waals surface area (Å²) in [5, 5.41) is 13.7. The fraction of sp³-hybridized carbons (Fsp3) is 0.316. The maximum absolute atomic E-state index is 12.8. The van der Waals surface area contributed by atoms with Crippen molar-refractivity contribution in [2.45, 2.75) is 32.6 Å². The van der Waals surface area contributed by atoms with Crippen molar-refractivity contribution in [3.8, 4) is 0 Å². The number of nitrogens with one attached hydrogen (secondary N) is 1. The standard InChI is InChI=1S/C19H23N3O5S/c1-12-8-14(3)19(15(4)9-12)20-18(23)11-21(5)28(26,27)17-10-16(22(24)25)7-6-13(17)2/h6-10H,11H2,1-5H3,(H,20,23). The first-order valence-electron chi connectivity index (χ1n) is 8.52. The Kier molecular flexibility index (Phi) is 6.20. The van der Waals surface area contributed by atoms with Gasteiger partial charge in [0.25, 0.3) is 5.69 Å². The van der Waals surface area contributed by atoms with Crippen LogP contribution in [0.2, 0.25) is 0 Å². The average Bonchev–Trinajstić information content (AvgIpc) is 2.57. The molecule has 0 aromatic heterocycles. The number of non-ortho nitro benzene ring substituents is 1. The molecule has 0 aliphatic heterocycles. The van der Waals surface area contributed by atoms with Crippen LogP contribution in [0.1, 0.15) is 22.3 Å². The van der Waals surface area contributed by atoms with Crippen molar-refractivity contribution in [1.29, 1.82) is 0 Å². The van der Waals surface area contributed by atoms with Gasteiger partial charge in [-0.1, -0.05) is 23.8 Å². The molecule has 0 atom stereocenters. The highest BCUT2D eigenvalue weighted by molar-refractivity contribution is 7.89. The highest BCUT2D eigenvalue weighted by Crippen LogP contribution is 2.25. The zero-order valence-corrected chi connectivity index (χ0v) is 17.3. The number of nitrogens with zero attached hydrogens (tertiary/aromatic N) is 2. The number of likely N-dealkylation sites (N-methyl/N-ethyl adjacent to an activating group) is 1. The Labute approximate surface area is 164 Å². The van der Waals surface area contributed by atoms with Gasteiger partial charge in [-0.25, -0.2) is 8.42 Å². The van der Waals surface area contributed by atoms with Crippen molar-refractivity contribution in [2.24, 2.45) is 0 Å². The molecule has 1 N–H and O–H groups in total. The van der Waals surface area contributed by atoms with Crippen LogP contribution in [0.25, 0.3) is 0 Å². The second-order valence-electron chi connectivity index (χ2n) is 6.79. The number of amides is 1. The molecule has 0 saturated carbocycles. The molecule has 9 heteroatoms. The summed E-state index contributed by atoms with van der Waals surface area (Å²) in [7, 11) is -2.81. The van der Waals surface area contributed by atoms with E-state index in [4.69, 9.17) is 0 Å². The summed E-state index contributed by atoms with van der Waals surface area (Å²) in [5.74, 6) is -0.496. The van der Waals surface area contributed by atoms with Gasteiger partial charge in [-0.3, -0.25) is 14.9 Å². The van der Waals surface area contributed by atoms with Crippen LogP contribution in [0.3, 0.4) is 0 Å². The van der Waals surface area contributed by atoms with E-state index < -0.39 is 27.4 Å².